The Morgan fingerprint density at radius 3 is 2.95 bits per heavy atom. The monoisotopic (exact) mass is 281 g/mol. The van der Waals surface area contributed by atoms with E-state index in [2.05, 4.69) is 27.5 Å². The lowest BCUT2D eigenvalue weighted by Gasteiger charge is -2.10. The lowest BCUT2D eigenvalue weighted by Crippen LogP contribution is -2.13. The van der Waals surface area contributed by atoms with Gasteiger partial charge in [0.15, 0.2) is 11.5 Å². The van der Waals surface area contributed by atoms with Crippen molar-refractivity contribution < 1.29 is 4.21 Å². The molecule has 0 spiro atoms. The van der Waals surface area contributed by atoms with Gasteiger partial charge in [0.2, 0.25) is 0 Å². The van der Waals surface area contributed by atoms with Crippen molar-refractivity contribution in [1.82, 2.24) is 14.4 Å². The molecule has 19 heavy (non-hydrogen) atoms. The number of aromatic nitrogens is 3. The van der Waals surface area contributed by atoms with Crippen molar-refractivity contribution in [2.75, 3.05) is 35.7 Å². The second-order valence-corrected chi connectivity index (χ2v) is 5.82. The number of rotatable bonds is 7. The van der Waals surface area contributed by atoms with Gasteiger partial charge in [0.25, 0.3) is 0 Å². The van der Waals surface area contributed by atoms with Gasteiger partial charge in [-0.1, -0.05) is 6.92 Å². The standard InChI is InChI=1S/C12H19N5OS/c1-3-4-13-10-9-17-7-5-15-12(17)11(16-10)14-6-8-19(2)18/h5,7,9,13H,3-4,6,8H2,1-2H3,(H,14,16). The first-order valence-electron chi connectivity index (χ1n) is 6.32. The van der Waals surface area contributed by atoms with E-state index in [1.54, 1.807) is 12.5 Å². The van der Waals surface area contributed by atoms with E-state index in [9.17, 15) is 4.21 Å². The number of imidazole rings is 1. The molecule has 0 aliphatic carbocycles. The number of hydrogen-bond donors (Lipinski definition) is 2. The Morgan fingerprint density at radius 2 is 2.21 bits per heavy atom. The first kappa shape index (κ1) is 13.8. The van der Waals surface area contributed by atoms with Crippen LogP contribution >= 0.6 is 0 Å². The van der Waals surface area contributed by atoms with Gasteiger partial charge in [-0.05, 0) is 6.42 Å². The summed E-state index contributed by atoms with van der Waals surface area (Å²) < 4.78 is 13.0. The van der Waals surface area contributed by atoms with E-state index in [4.69, 9.17) is 0 Å². The molecule has 0 aliphatic rings. The van der Waals surface area contributed by atoms with Crippen molar-refractivity contribution in [3.05, 3.63) is 18.6 Å². The molecule has 2 rings (SSSR count). The van der Waals surface area contributed by atoms with E-state index < -0.39 is 10.8 Å². The number of nitrogens with zero attached hydrogens (tertiary/aromatic N) is 3. The third kappa shape index (κ3) is 3.66. The lowest BCUT2D eigenvalue weighted by atomic mass is 10.4. The molecule has 1 atom stereocenters. The van der Waals surface area contributed by atoms with E-state index in [1.165, 1.54) is 0 Å². The largest absolute Gasteiger partial charge is 0.369 e. The summed E-state index contributed by atoms with van der Waals surface area (Å²) in [5.74, 6) is 2.13. The number of hydrogen-bond acceptors (Lipinski definition) is 5. The highest BCUT2D eigenvalue weighted by atomic mass is 32.2. The van der Waals surface area contributed by atoms with Gasteiger partial charge >= 0.3 is 0 Å². The Hall–Kier alpha value is -1.63. The molecule has 2 heterocycles. The Labute approximate surface area is 115 Å². The quantitative estimate of drug-likeness (QED) is 0.801. The van der Waals surface area contributed by atoms with Crippen molar-refractivity contribution in [1.29, 1.82) is 0 Å². The van der Waals surface area contributed by atoms with Crippen LogP contribution < -0.4 is 10.6 Å². The molecule has 0 bridgehead atoms. The highest BCUT2D eigenvalue weighted by Gasteiger charge is 2.07. The van der Waals surface area contributed by atoms with E-state index in [0.29, 0.717) is 12.3 Å². The van der Waals surface area contributed by atoms with Gasteiger partial charge in [-0.25, -0.2) is 9.97 Å². The average Bonchev–Trinajstić information content (AvgIpc) is 2.84. The second kappa shape index (κ2) is 6.51. The molecule has 2 aromatic heterocycles. The molecule has 0 fully saturated rings. The first-order chi connectivity index (χ1) is 9.20. The third-order valence-electron chi connectivity index (χ3n) is 2.61. The normalized spacial score (nSPS) is 12.5. The highest BCUT2D eigenvalue weighted by molar-refractivity contribution is 7.84. The van der Waals surface area contributed by atoms with Crippen LogP contribution in [0.4, 0.5) is 11.6 Å². The van der Waals surface area contributed by atoms with Crippen LogP contribution in [0.3, 0.4) is 0 Å². The summed E-state index contributed by atoms with van der Waals surface area (Å²) in [6, 6.07) is 0. The molecule has 1 unspecified atom stereocenters. The molecule has 0 aliphatic heterocycles. The lowest BCUT2D eigenvalue weighted by molar-refractivity contribution is 0.687. The molecule has 0 saturated carbocycles. The number of fused-ring (bicyclic) bond motifs is 1. The highest BCUT2D eigenvalue weighted by Crippen LogP contribution is 2.16. The smallest absolute Gasteiger partial charge is 0.180 e. The van der Waals surface area contributed by atoms with E-state index in [0.717, 1.165) is 30.2 Å². The van der Waals surface area contributed by atoms with Gasteiger partial charge in [0, 0.05) is 48.3 Å². The van der Waals surface area contributed by atoms with Crippen LogP contribution in [0.1, 0.15) is 13.3 Å². The zero-order chi connectivity index (χ0) is 13.7. The Bertz CT molecular complexity index is 568. The fourth-order valence-electron chi connectivity index (χ4n) is 1.70. The molecule has 0 amide bonds. The molecular formula is C12H19N5OS. The summed E-state index contributed by atoms with van der Waals surface area (Å²) in [5, 5.41) is 6.45. The van der Waals surface area contributed by atoms with Gasteiger partial charge < -0.3 is 15.0 Å². The second-order valence-electron chi connectivity index (χ2n) is 4.26. The van der Waals surface area contributed by atoms with Gasteiger partial charge in [0.05, 0.1) is 6.20 Å². The minimum atomic E-state index is -0.807. The van der Waals surface area contributed by atoms with E-state index >= 15 is 0 Å². The van der Waals surface area contributed by atoms with Gasteiger partial charge in [-0.15, -0.1) is 0 Å². The maximum Gasteiger partial charge on any atom is 0.180 e. The summed E-state index contributed by atoms with van der Waals surface area (Å²) in [5.41, 5.74) is 0.781. The van der Waals surface area contributed by atoms with Gasteiger partial charge in [-0.3, -0.25) is 4.21 Å². The van der Waals surface area contributed by atoms with Crippen LogP contribution in [-0.2, 0) is 10.8 Å². The molecule has 104 valence electrons. The maximum atomic E-state index is 11.1. The predicted molar refractivity (Wildman–Crippen MR) is 79.2 cm³/mol. The zero-order valence-electron chi connectivity index (χ0n) is 11.2. The zero-order valence-corrected chi connectivity index (χ0v) is 12.0. The summed E-state index contributed by atoms with van der Waals surface area (Å²) in [7, 11) is -0.807. The topological polar surface area (TPSA) is 71.3 Å². The molecular weight excluding hydrogens is 262 g/mol. The van der Waals surface area contributed by atoms with E-state index in [1.807, 2.05) is 16.8 Å². The molecule has 6 nitrogen and oxygen atoms in total. The van der Waals surface area contributed by atoms with Crippen molar-refractivity contribution >= 4 is 28.1 Å². The van der Waals surface area contributed by atoms with Crippen LogP contribution in [0.5, 0.6) is 0 Å². The fraction of sp³-hybridized carbons (Fsp3) is 0.500. The van der Waals surface area contributed by atoms with E-state index in [-0.39, 0.29) is 0 Å². The number of nitrogens with one attached hydrogen (secondary N) is 2. The summed E-state index contributed by atoms with van der Waals surface area (Å²) in [6.45, 7) is 3.61. The Kier molecular flexibility index (Phi) is 4.73. The average molecular weight is 281 g/mol. The molecule has 2 N–H and O–H groups in total. The van der Waals surface area contributed by atoms with Crippen LogP contribution in [0, 0.1) is 0 Å². The molecule has 7 heteroatoms. The number of anilines is 2. The third-order valence-corrected chi connectivity index (χ3v) is 3.39. The Morgan fingerprint density at radius 1 is 1.37 bits per heavy atom. The summed E-state index contributed by atoms with van der Waals surface area (Å²) in [6.07, 6.45) is 8.28. The SMILES string of the molecule is CCCNc1cn2ccnc2c(NCCS(C)=O)n1. The Balaban J connectivity index is 2.18. The van der Waals surface area contributed by atoms with Crippen LogP contribution in [0.15, 0.2) is 18.6 Å². The van der Waals surface area contributed by atoms with Crippen molar-refractivity contribution in [2.24, 2.45) is 0 Å². The summed E-state index contributed by atoms with van der Waals surface area (Å²) >= 11 is 0. The van der Waals surface area contributed by atoms with Gasteiger partial charge in [-0.2, -0.15) is 0 Å². The maximum absolute atomic E-state index is 11.1. The minimum absolute atomic E-state index is 0.598. The van der Waals surface area contributed by atoms with Crippen LogP contribution in [0.2, 0.25) is 0 Å². The molecule has 0 aromatic carbocycles. The minimum Gasteiger partial charge on any atom is -0.369 e. The first-order valence-corrected chi connectivity index (χ1v) is 8.05. The van der Waals surface area contributed by atoms with Crippen molar-refractivity contribution in [3.63, 3.8) is 0 Å². The predicted octanol–water partition coefficient (Wildman–Crippen LogP) is 1.34. The summed E-state index contributed by atoms with van der Waals surface area (Å²) in [4.78, 5) is 8.78. The molecule has 0 radical (unpaired) electrons. The van der Waals surface area contributed by atoms with Crippen molar-refractivity contribution in [3.8, 4) is 0 Å². The molecule has 2 aromatic rings. The van der Waals surface area contributed by atoms with Crippen LogP contribution in [0.25, 0.3) is 5.65 Å². The molecule has 0 saturated heterocycles. The van der Waals surface area contributed by atoms with Crippen LogP contribution in [-0.4, -0.2) is 43.7 Å². The van der Waals surface area contributed by atoms with Gasteiger partial charge in [0.1, 0.15) is 5.82 Å². The van der Waals surface area contributed by atoms with Crippen molar-refractivity contribution in [2.45, 2.75) is 13.3 Å². The fourth-order valence-corrected chi connectivity index (χ4v) is 2.09.